The molecule has 0 unspecified atom stereocenters. The molecule has 2 N–H and O–H groups in total. The van der Waals surface area contributed by atoms with Crippen LogP contribution in [0.1, 0.15) is 98.3 Å². The molecule has 0 saturated carbocycles. The first kappa shape index (κ1) is 18.9. The van der Waals surface area contributed by atoms with E-state index in [2.05, 4.69) is 27.7 Å². The van der Waals surface area contributed by atoms with Gasteiger partial charge in [0, 0.05) is 0 Å². The molecule has 0 saturated heterocycles. The zero-order valence-electron chi connectivity index (χ0n) is 13.7. The van der Waals surface area contributed by atoms with Crippen molar-refractivity contribution in [2.75, 3.05) is 0 Å². The van der Waals surface area contributed by atoms with E-state index in [1.165, 1.54) is 19.3 Å². The van der Waals surface area contributed by atoms with E-state index < -0.39 is 11.2 Å². The molecule has 0 heterocycles. The number of unbranched alkanes of at least 4 members (excludes halogenated alkanes) is 4. The van der Waals surface area contributed by atoms with Crippen LogP contribution in [0.2, 0.25) is 0 Å². The second-order valence-electron chi connectivity index (χ2n) is 6.13. The van der Waals surface area contributed by atoms with Crippen LogP contribution in [0.25, 0.3) is 0 Å². The third-order valence-corrected chi connectivity index (χ3v) is 4.92. The smallest absolute Gasteiger partial charge is 0.0642 e. The maximum atomic E-state index is 10.2. The summed E-state index contributed by atoms with van der Waals surface area (Å²) in [5.74, 6) is 0. The first-order valence-electron chi connectivity index (χ1n) is 8.40. The largest absolute Gasteiger partial charge is 0.390 e. The molecule has 0 radical (unpaired) electrons. The standard InChI is InChI=1S/C17H36O2/c1-5-16(18,6-2)14-12-10-9-11-13-15-17(19,7-3)8-4/h18-19H,5-15H2,1-4H3. The van der Waals surface area contributed by atoms with Crippen LogP contribution < -0.4 is 0 Å². The van der Waals surface area contributed by atoms with E-state index in [0.29, 0.717) is 0 Å². The SMILES string of the molecule is CCC(O)(CC)CCCCCCCC(O)(CC)CC. The fraction of sp³-hybridized carbons (Fsp3) is 1.00. The summed E-state index contributed by atoms with van der Waals surface area (Å²) in [5.41, 5.74) is -0.852. The molecule has 0 bridgehead atoms. The van der Waals surface area contributed by atoms with Crippen molar-refractivity contribution in [1.29, 1.82) is 0 Å². The van der Waals surface area contributed by atoms with Crippen LogP contribution >= 0.6 is 0 Å². The molecule has 0 spiro atoms. The van der Waals surface area contributed by atoms with Crippen molar-refractivity contribution in [2.45, 2.75) is 110 Å². The lowest BCUT2D eigenvalue weighted by atomic mass is 9.89. The first-order valence-corrected chi connectivity index (χ1v) is 8.40. The highest BCUT2D eigenvalue weighted by molar-refractivity contribution is 4.75. The summed E-state index contributed by atoms with van der Waals surface area (Å²) in [7, 11) is 0. The fourth-order valence-corrected chi connectivity index (χ4v) is 2.65. The van der Waals surface area contributed by atoms with Gasteiger partial charge in [-0.3, -0.25) is 0 Å². The van der Waals surface area contributed by atoms with E-state index in [9.17, 15) is 10.2 Å². The molecule has 0 aliphatic carbocycles. The summed E-state index contributed by atoms with van der Waals surface area (Å²) < 4.78 is 0. The summed E-state index contributed by atoms with van der Waals surface area (Å²) in [5, 5.41) is 20.3. The predicted octanol–water partition coefficient (Wildman–Crippen LogP) is 4.82. The Hall–Kier alpha value is -0.0800. The topological polar surface area (TPSA) is 40.5 Å². The number of rotatable bonds is 12. The Kier molecular flexibility index (Phi) is 9.72. The van der Waals surface area contributed by atoms with Gasteiger partial charge >= 0.3 is 0 Å². The van der Waals surface area contributed by atoms with Gasteiger partial charge in [-0.05, 0) is 38.5 Å². The van der Waals surface area contributed by atoms with Crippen molar-refractivity contribution in [3.63, 3.8) is 0 Å². The van der Waals surface area contributed by atoms with Gasteiger partial charge in [0.1, 0.15) is 0 Å². The van der Waals surface area contributed by atoms with Gasteiger partial charge in [-0.15, -0.1) is 0 Å². The summed E-state index contributed by atoms with van der Waals surface area (Å²) in [6.45, 7) is 8.28. The summed E-state index contributed by atoms with van der Waals surface area (Å²) in [6, 6.07) is 0. The Morgan fingerprint density at radius 3 is 1.05 bits per heavy atom. The van der Waals surface area contributed by atoms with E-state index >= 15 is 0 Å². The van der Waals surface area contributed by atoms with Crippen LogP contribution in [0.15, 0.2) is 0 Å². The van der Waals surface area contributed by atoms with E-state index in [1.807, 2.05) is 0 Å². The molecule has 0 aromatic rings. The van der Waals surface area contributed by atoms with Crippen LogP contribution in [0, 0.1) is 0 Å². The van der Waals surface area contributed by atoms with Gasteiger partial charge in [-0.1, -0.05) is 59.8 Å². The summed E-state index contributed by atoms with van der Waals surface area (Å²) in [6.07, 6.45) is 11.2. The number of hydrogen-bond acceptors (Lipinski definition) is 2. The molecule has 19 heavy (non-hydrogen) atoms. The van der Waals surface area contributed by atoms with Gasteiger partial charge in [-0.2, -0.15) is 0 Å². The third-order valence-electron chi connectivity index (χ3n) is 4.92. The van der Waals surface area contributed by atoms with Crippen molar-refractivity contribution in [2.24, 2.45) is 0 Å². The molecule has 0 amide bonds. The van der Waals surface area contributed by atoms with Crippen LogP contribution in [-0.4, -0.2) is 21.4 Å². The maximum Gasteiger partial charge on any atom is 0.0642 e. The third kappa shape index (κ3) is 7.94. The Morgan fingerprint density at radius 1 is 0.526 bits per heavy atom. The first-order chi connectivity index (χ1) is 8.95. The number of aliphatic hydroxyl groups is 2. The summed E-state index contributed by atoms with van der Waals surface area (Å²) >= 11 is 0. The van der Waals surface area contributed by atoms with Gasteiger partial charge in [0.05, 0.1) is 11.2 Å². The Bertz CT molecular complexity index is 183. The van der Waals surface area contributed by atoms with E-state index in [-0.39, 0.29) is 0 Å². The van der Waals surface area contributed by atoms with Crippen LogP contribution in [0.4, 0.5) is 0 Å². The molecule has 0 fully saturated rings. The Labute approximate surface area is 120 Å². The average molecular weight is 272 g/mol. The Morgan fingerprint density at radius 2 is 0.789 bits per heavy atom. The average Bonchev–Trinajstić information content (AvgIpc) is 2.45. The maximum absolute atomic E-state index is 10.2. The monoisotopic (exact) mass is 272 g/mol. The molecule has 116 valence electrons. The van der Waals surface area contributed by atoms with Crippen LogP contribution in [-0.2, 0) is 0 Å². The summed E-state index contributed by atoms with van der Waals surface area (Å²) in [4.78, 5) is 0. The quantitative estimate of drug-likeness (QED) is 0.500. The minimum absolute atomic E-state index is 0.426. The molecule has 0 aromatic carbocycles. The molecule has 2 nitrogen and oxygen atoms in total. The molecular formula is C17H36O2. The highest BCUT2D eigenvalue weighted by Crippen LogP contribution is 2.25. The second kappa shape index (κ2) is 9.77. The van der Waals surface area contributed by atoms with Crippen LogP contribution in [0.5, 0.6) is 0 Å². The van der Waals surface area contributed by atoms with Crippen molar-refractivity contribution in [3.8, 4) is 0 Å². The van der Waals surface area contributed by atoms with Gasteiger partial charge < -0.3 is 10.2 Å². The normalized spacial score (nSPS) is 12.9. The second-order valence-corrected chi connectivity index (χ2v) is 6.13. The zero-order chi connectivity index (χ0) is 14.8. The highest BCUT2D eigenvalue weighted by Gasteiger charge is 2.22. The number of hydrogen-bond donors (Lipinski definition) is 2. The zero-order valence-corrected chi connectivity index (χ0v) is 13.7. The fourth-order valence-electron chi connectivity index (χ4n) is 2.65. The van der Waals surface area contributed by atoms with Gasteiger partial charge in [-0.25, -0.2) is 0 Å². The van der Waals surface area contributed by atoms with Gasteiger partial charge in [0.2, 0.25) is 0 Å². The lowest BCUT2D eigenvalue weighted by molar-refractivity contribution is 0.0197. The van der Waals surface area contributed by atoms with E-state index in [4.69, 9.17) is 0 Å². The van der Waals surface area contributed by atoms with Crippen molar-refractivity contribution >= 4 is 0 Å². The van der Waals surface area contributed by atoms with Crippen molar-refractivity contribution in [3.05, 3.63) is 0 Å². The molecule has 0 atom stereocenters. The molecule has 0 aliphatic rings. The Balaban J connectivity index is 3.56. The molecular weight excluding hydrogens is 236 g/mol. The minimum Gasteiger partial charge on any atom is -0.390 e. The minimum atomic E-state index is -0.426. The van der Waals surface area contributed by atoms with Crippen LogP contribution in [0.3, 0.4) is 0 Å². The van der Waals surface area contributed by atoms with E-state index in [1.54, 1.807) is 0 Å². The highest BCUT2D eigenvalue weighted by atomic mass is 16.3. The lowest BCUT2D eigenvalue weighted by Crippen LogP contribution is -2.26. The van der Waals surface area contributed by atoms with Gasteiger partial charge in [0.15, 0.2) is 0 Å². The molecule has 0 aliphatic heterocycles. The molecule has 0 rings (SSSR count). The van der Waals surface area contributed by atoms with Gasteiger partial charge in [0.25, 0.3) is 0 Å². The van der Waals surface area contributed by atoms with Crippen molar-refractivity contribution < 1.29 is 10.2 Å². The predicted molar refractivity (Wildman–Crippen MR) is 83.4 cm³/mol. The van der Waals surface area contributed by atoms with Crippen molar-refractivity contribution in [1.82, 2.24) is 0 Å². The van der Waals surface area contributed by atoms with E-state index in [0.717, 1.165) is 51.4 Å². The molecule has 0 aromatic heterocycles. The lowest BCUT2D eigenvalue weighted by Gasteiger charge is -2.25. The molecule has 2 heteroatoms.